The van der Waals surface area contributed by atoms with Crippen LogP contribution in [0.4, 0.5) is 13.2 Å². The monoisotopic (exact) mass is 904 g/mol. The Bertz CT molecular complexity index is 2370. The van der Waals surface area contributed by atoms with Crippen molar-refractivity contribution in [3.63, 3.8) is 0 Å². The van der Waals surface area contributed by atoms with Crippen molar-refractivity contribution in [1.82, 2.24) is 39.9 Å². The molecule has 65 heavy (non-hydrogen) atoms. The summed E-state index contributed by atoms with van der Waals surface area (Å²) in [5.41, 5.74) is 8.03. The van der Waals surface area contributed by atoms with E-state index >= 15 is 0 Å². The van der Waals surface area contributed by atoms with Gasteiger partial charge in [0.2, 0.25) is 17.7 Å². The molecule has 2 aromatic carbocycles. The van der Waals surface area contributed by atoms with Crippen LogP contribution in [0.2, 0.25) is 0 Å². The van der Waals surface area contributed by atoms with Crippen LogP contribution in [0.25, 0.3) is 33.3 Å². The fourth-order valence-electron chi connectivity index (χ4n) is 9.33. The molecule has 2 N–H and O–H groups in total. The van der Waals surface area contributed by atoms with E-state index in [2.05, 4.69) is 22.4 Å². The predicted octanol–water partition coefficient (Wildman–Crippen LogP) is 6.23. The summed E-state index contributed by atoms with van der Waals surface area (Å²) >= 11 is 0. The van der Waals surface area contributed by atoms with E-state index in [1.165, 1.54) is 15.5 Å². The van der Waals surface area contributed by atoms with E-state index in [-0.39, 0.29) is 42.7 Å². The van der Waals surface area contributed by atoms with Crippen LogP contribution in [-0.4, -0.2) is 125 Å². The quantitative estimate of drug-likeness (QED) is 0.119. The zero-order chi connectivity index (χ0) is 47.3. The molecule has 2 fully saturated rings. The van der Waals surface area contributed by atoms with Crippen molar-refractivity contribution < 1.29 is 41.8 Å². The number of aromatic nitrogens is 3. The molecule has 4 aromatic rings. The van der Waals surface area contributed by atoms with E-state index < -0.39 is 42.7 Å². The van der Waals surface area contributed by atoms with Gasteiger partial charge < -0.3 is 29.2 Å². The molecule has 4 unspecified atom stereocenters. The van der Waals surface area contributed by atoms with Gasteiger partial charge in [0.25, 0.3) is 5.91 Å². The Morgan fingerprint density at radius 1 is 1.02 bits per heavy atom. The number of ether oxygens (including phenoxy) is 2. The number of carbonyl (C=O) groups excluding carboxylic acids is 4. The highest BCUT2D eigenvalue weighted by Gasteiger charge is 2.39. The number of nitrogens with one attached hydrogen (secondary N) is 2. The van der Waals surface area contributed by atoms with Gasteiger partial charge in [-0.3, -0.25) is 28.9 Å². The number of hydrazine groups is 1. The summed E-state index contributed by atoms with van der Waals surface area (Å²) in [6, 6.07) is 11.0. The summed E-state index contributed by atoms with van der Waals surface area (Å²) in [6.07, 6.45) is 0.0604. The molecule has 17 heteroatoms. The van der Waals surface area contributed by atoms with Gasteiger partial charge in [-0.25, -0.2) is 5.43 Å². The van der Waals surface area contributed by atoms with Gasteiger partial charge >= 0.3 is 6.18 Å². The molecule has 0 radical (unpaired) electrons. The molecule has 2 aliphatic rings. The topological polar surface area (TPSA) is 143 Å². The van der Waals surface area contributed by atoms with Gasteiger partial charge in [0.05, 0.1) is 35.7 Å². The maximum absolute atomic E-state index is 14.5. The first kappa shape index (κ1) is 48.9. The van der Waals surface area contributed by atoms with Gasteiger partial charge in [0.15, 0.2) is 0 Å². The second-order valence-electron chi connectivity index (χ2n) is 17.6. The number of methoxy groups -OCH3 is 2. The molecule has 352 valence electrons. The molecular weight excluding hydrogens is 842 g/mol. The van der Waals surface area contributed by atoms with Gasteiger partial charge in [-0.1, -0.05) is 50.8 Å². The summed E-state index contributed by atoms with van der Waals surface area (Å²) < 4.78 is 57.7. The summed E-state index contributed by atoms with van der Waals surface area (Å²) in [5.74, 6) is -2.08. The van der Waals surface area contributed by atoms with Crippen molar-refractivity contribution in [3.05, 3.63) is 78.1 Å². The van der Waals surface area contributed by atoms with Crippen molar-refractivity contribution in [2.24, 2.45) is 18.9 Å². The fraction of sp³-hybridized carbons (Fsp3) is 0.521. The molecular formula is C48H63F3N8O6. The molecule has 4 amide bonds. The molecule has 0 aliphatic carbocycles. The molecule has 0 saturated carbocycles. The van der Waals surface area contributed by atoms with E-state index in [0.29, 0.717) is 65.9 Å². The highest BCUT2D eigenvalue weighted by molar-refractivity contribution is 5.96. The van der Waals surface area contributed by atoms with Crippen LogP contribution in [0.15, 0.2) is 61.3 Å². The minimum atomic E-state index is -4.54. The van der Waals surface area contributed by atoms with Gasteiger partial charge in [0, 0.05) is 83.8 Å². The lowest BCUT2D eigenvalue weighted by Gasteiger charge is -2.35. The van der Waals surface area contributed by atoms with E-state index in [9.17, 15) is 32.3 Å². The number of benzene rings is 2. The third-order valence-electron chi connectivity index (χ3n) is 12.8. The number of carbonyl (C=O) groups is 4. The Hall–Kier alpha value is -5.52. The largest absolute Gasteiger partial charge is 0.406 e. The Morgan fingerprint density at radius 3 is 2.40 bits per heavy atom. The van der Waals surface area contributed by atoms with E-state index in [1.54, 1.807) is 61.2 Å². The first-order valence-electron chi connectivity index (χ1n) is 22.3. The maximum atomic E-state index is 14.5. The summed E-state index contributed by atoms with van der Waals surface area (Å²) in [5, 5.41) is 9.64. The van der Waals surface area contributed by atoms with Crippen LogP contribution in [-0.2, 0) is 55.1 Å². The Labute approximate surface area is 379 Å². The molecule has 2 saturated heterocycles. The lowest BCUT2D eigenvalue weighted by atomic mass is 9.95. The number of likely N-dealkylation sites (N-methyl/N-ethyl adjacent to an activating group) is 1. The molecule has 4 heterocycles. The van der Waals surface area contributed by atoms with Crippen LogP contribution in [0.5, 0.6) is 0 Å². The normalized spacial score (nSPS) is 17.6. The number of hydrogen-bond donors (Lipinski definition) is 2. The second-order valence-corrected chi connectivity index (χ2v) is 17.6. The molecule has 0 bridgehead atoms. The number of rotatable bonds is 17. The smallest absolute Gasteiger partial charge is 0.381 e. The summed E-state index contributed by atoms with van der Waals surface area (Å²) in [4.78, 5) is 57.7. The average molecular weight is 905 g/mol. The lowest BCUT2D eigenvalue weighted by molar-refractivity contribution is -0.145. The number of nitrogens with zero attached hydrogens (tertiary/aromatic N) is 6. The van der Waals surface area contributed by atoms with Gasteiger partial charge in [-0.15, -0.1) is 0 Å². The number of halogens is 3. The van der Waals surface area contributed by atoms with Crippen molar-refractivity contribution in [2.75, 3.05) is 47.4 Å². The maximum Gasteiger partial charge on any atom is 0.406 e. The Kier molecular flexibility index (Phi) is 15.6. The minimum Gasteiger partial charge on any atom is -0.381 e. The number of amides is 4. The number of likely N-dealkylation sites (tertiary alicyclic amines) is 1. The Balaban J connectivity index is 1.36. The van der Waals surface area contributed by atoms with Crippen molar-refractivity contribution in [3.8, 4) is 22.4 Å². The molecule has 6 rings (SSSR count). The van der Waals surface area contributed by atoms with E-state index in [4.69, 9.17) is 9.47 Å². The SMILES string of the molecule is C=CC(=O)N1CCC(C(=O)N(C)C(C(=O)NC(Cc2cccc(-c3ccc4c(c3)c(C[C@@H](C)OC)c(-c3cnn(C)c3C(C)OC)n4CC(F)(F)F)c2)C(=O)N2CCCCN2)C(C)C)C1. The van der Waals surface area contributed by atoms with Gasteiger partial charge in [-0.2, -0.15) is 18.3 Å². The van der Waals surface area contributed by atoms with Crippen molar-refractivity contribution in [1.29, 1.82) is 0 Å². The highest BCUT2D eigenvalue weighted by atomic mass is 19.4. The fourth-order valence-corrected chi connectivity index (χ4v) is 9.33. The molecule has 2 aliphatic heterocycles. The minimum absolute atomic E-state index is 0.118. The van der Waals surface area contributed by atoms with Crippen LogP contribution >= 0.6 is 0 Å². The first-order chi connectivity index (χ1) is 30.9. The van der Waals surface area contributed by atoms with E-state index in [0.717, 1.165) is 29.5 Å². The van der Waals surface area contributed by atoms with Crippen molar-refractivity contribution in [2.45, 2.75) is 96.8 Å². The van der Waals surface area contributed by atoms with Gasteiger partial charge in [-0.05, 0) is 79.5 Å². The van der Waals surface area contributed by atoms with Crippen LogP contribution in [0.1, 0.15) is 69.9 Å². The number of fused-ring (bicyclic) bond motifs is 1. The molecule has 14 nitrogen and oxygen atoms in total. The summed E-state index contributed by atoms with van der Waals surface area (Å²) in [6.45, 7) is 11.4. The Morgan fingerprint density at radius 2 is 1.75 bits per heavy atom. The van der Waals surface area contributed by atoms with Crippen LogP contribution in [0.3, 0.4) is 0 Å². The number of hydrogen-bond acceptors (Lipinski definition) is 8. The van der Waals surface area contributed by atoms with Crippen LogP contribution < -0.4 is 10.7 Å². The van der Waals surface area contributed by atoms with E-state index in [1.807, 2.05) is 58.0 Å². The molecule has 5 atom stereocenters. The first-order valence-corrected chi connectivity index (χ1v) is 22.3. The standard InChI is InChI=1S/C48H63F3N8O6/c1-10-41(60)57-21-18-35(27-57)46(62)55(6)42(29(2)3)45(61)54-39(47(63)59-20-12-11-19-52-59)24-32-14-13-15-33(23-32)34-16-17-40-36(25-34)37(22-30(4)64-8)44(58(40)28-48(49,50)51)38-26-53-56(7)43(38)31(5)65-9/h10,13-17,23,25-26,29-31,35,39,42,52H,1,11-12,18-22,24,27-28H2,2-9H3,(H,54,61)/t30-,31?,35?,39?,42?/m1/s1. The number of aryl methyl sites for hydroxylation is 1. The zero-order valence-corrected chi connectivity index (χ0v) is 38.7. The average Bonchev–Trinajstić information content (AvgIpc) is 4.00. The predicted molar refractivity (Wildman–Crippen MR) is 242 cm³/mol. The third-order valence-corrected chi connectivity index (χ3v) is 12.8. The third kappa shape index (κ3) is 11.0. The molecule has 2 aromatic heterocycles. The van der Waals surface area contributed by atoms with Gasteiger partial charge in [0.1, 0.15) is 18.6 Å². The second kappa shape index (κ2) is 20.8. The number of alkyl halides is 3. The molecule has 0 spiro atoms. The zero-order valence-electron chi connectivity index (χ0n) is 38.7. The highest BCUT2D eigenvalue weighted by Crippen LogP contribution is 2.41. The van der Waals surface area contributed by atoms with Crippen molar-refractivity contribution >= 4 is 34.5 Å². The van der Waals surface area contributed by atoms with Crippen LogP contribution in [0, 0.1) is 11.8 Å². The summed E-state index contributed by atoms with van der Waals surface area (Å²) in [7, 11) is 6.44. The lowest BCUT2D eigenvalue weighted by Crippen LogP contribution is -2.59.